The molecule has 0 unspecified atom stereocenters. The zero-order valence-corrected chi connectivity index (χ0v) is 14.4. The van der Waals surface area contributed by atoms with E-state index in [0.717, 1.165) is 13.1 Å². The van der Waals surface area contributed by atoms with Crippen LogP contribution in [0.4, 0.5) is 0 Å². The molecule has 0 aliphatic heterocycles. The molecule has 2 aromatic rings. The topological polar surface area (TPSA) is 39.3 Å². The van der Waals surface area contributed by atoms with Crippen molar-refractivity contribution in [3.63, 3.8) is 0 Å². The summed E-state index contributed by atoms with van der Waals surface area (Å²) in [4.78, 5) is 5.86. The highest BCUT2D eigenvalue weighted by Gasteiger charge is 1.88. The number of halogens is 2. The highest BCUT2D eigenvalue weighted by Crippen LogP contribution is 1.69. The van der Waals surface area contributed by atoms with Gasteiger partial charge in [-0.25, -0.2) is 9.13 Å². The Morgan fingerprint density at radius 3 is 1.44 bits per heavy atom. The third-order valence-corrected chi connectivity index (χ3v) is 1.89. The van der Waals surface area contributed by atoms with Gasteiger partial charge < -0.3 is 48.0 Å². The maximum Gasteiger partial charge on any atom is 0.241 e. The van der Waals surface area contributed by atoms with Crippen molar-refractivity contribution < 1.29 is 57.1 Å². The Hall–Kier alpha value is -0.640. The summed E-state index contributed by atoms with van der Waals surface area (Å²) >= 11 is 0. The molecule has 2 aromatic heterocycles. The van der Waals surface area contributed by atoms with Crippen LogP contribution in [0.1, 0.15) is 0 Å². The van der Waals surface area contributed by atoms with Crippen molar-refractivity contribution >= 4 is 0 Å². The molecular weight excluding hydrogens is 454 g/mol. The molecule has 0 saturated carbocycles. The average molecular weight is 472 g/mol. The van der Waals surface area contributed by atoms with Gasteiger partial charge in [-0.3, -0.25) is 9.97 Å². The lowest BCUT2D eigenvalue weighted by Crippen LogP contribution is -3.00. The third kappa shape index (κ3) is 8.45. The van der Waals surface area contributed by atoms with Gasteiger partial charge in [0.15, 0.2) is 0 Å². The summed E-state index contributed by atoms with van der Waals surface area (Å²) in [6, 6.07) is 0. The van der Waals surface area contributed by atoms with Crippen molar-refractivity contribution in [2.45, 2.75) is 13.1 Å². The molecule has 0 spiro atoms. The van der Waals surface area contributed by atoms with Gasteiger partial charge in [0.05, 0.1) is 0 Å². The van der Waals surface area contributed by atoms with E-state index in [1.807, 2.05) is 58.7 Å². The fourth-order valence-corrected chi connectivity index (χ4v) is 1.17. The molecule has 100 valence electrons. The lowest BCUT2D eigenvalue weighted by Gasteiger charge is -1.81. The summed E-state index contributed by atoms with van der Waals surface area (Å²) in [6.45, 7) is 8.96. The number of H-pyrrole nitrogens is 2. The maximum atomic E-state index is 3.60. The van der Waals surface area contributed by atoms with Crippen molar-refractivity contribution in [3.05, 3.63) is 62.8 Å². The van der Waals surface area contributed by atoms with E-state index in [1.54, 1.807) is 0 Å². The van der Waals surface area contributed by atoms with Crippen LogP contribution in [-0.4, -0.2) is 9.97 Å². The van der Waals surface area contributed by atoms with Gasteiger partial charge in [-0.2, -0.15) is 0 Å². The van der Waals surface area contributed by atoms with E-state index in [1.165, 1.54) is 0 Å². The molecule has 0 saturated heterocycles. The van der Waals surface area contributed by atoms with Crippen molar-refractivity contribution in [3.8, 4) is 0 Å². The first-order valence-corrected chi connectivity index (χ1v) is 5.12. The van der Waals surface area contributed by atoms with E-state index in [-0.39, 0.29) is 48.0 Å². The van der Waals surface area contributed by atoms with E-state index < -0.39 is 0 Å². The monoisotopic (exact) mass is 472 g/mol. The Labute approximate surface area is 142 Å². The van der Waals surface area contributed by atoms with Crippen LogP contribution in [0.25, 0.3) is 0 Å². The standard InChI is InChI=1S/2C6H8N2.2HI/c2*1-2-4-8-5-3-7-6-8;;/h2*2-3,5-6H,1,4H2;2*1H. The summed E-state index contributed by atoms with van der Waals surface area (Å²) in [5.41, 5.74) is 0. The second kappa shape index (κ2) is 12.8. The molecular formula is C12H18I2N4. The normalized spacial score (nSPS) is 8.00. The summed E-state index contributed by atoms with van der Waals surface area (Å²) in [7, 11) is 0. The number of rotatable bonds is 4. The molecule has 0 aliphatic carbocycles. The van der Waals surface area contributed by atoms with Crippen LogP contribution in [0.2, 0.25) is 0 Å². The Kier molecular flexibility index (Phi) is 14.0. The number of hydrogen-bond acceptors (Lipinski definition) is 0. The zero-order chi connectivity index (χ0) is 11.6. The first-order chi connectivity index (χ1) is 7.86. The summed E-state index contributed by atoms with van der Waals surface area (Å²) in [5.74, 6) is 0. The van der Waals surface area contributed by atoms with Gasteiger partial charge >= 0.3 is 0 Å². The quantitative estimate of drug-likeness (QED) is 0.255. The Bertz CT molecular complexity index is 355. The number of aromatic amines is 2. The van der Waals surface area contributed by atoms with Crippen molar-refractivity contribution in [2.24, 2.45) is 0 Å². The van der Waals surface area contributed by atoms with Gasteiger partial charge in [-0.15, -0.1) is 0 Å². The Balaban J connectivity index is 0. The first kappa shape index (κ1) is 19.7. The van der Waals surface area contributed by atoms with Crippen LogP contribution in [-0.2, 0) is 13.1 Å². The molecule has 0 amide bonds. The van der Waals surface area contributed by atoms with E-state index in [0.29, 0.717) is 0 Å². The lowest BCUT2D eigenvalue weighted by molar-refractivity contribution is -0.685. The predicted molar refractivity (Wildman–Crippen MR) is 62.4 cm³/mol. The Morgan fingerprint density at radius 1 is 0.833 bits per heavy atom. The van der Waals surface area contributed by atoms with Gasteiger partial charge in [0, 0.05) is 0 Å². The minimum absolute atomic E-state index is 0. The van der Waals surface area contributed by atoms with Gasteiger partial charge in [-0.05, 0) is 0 Å². The first-order valence-electron chi connectivity index (χ1n) is 5.12. The SMILES string of the molecule is C=CC[n+]1cc[nH]c1.C=CC[n+]1cc[nH]c1.[I-].[I-]. The Morgan fingerprint density at radius 2 is 1.22 bits per heavy atom. The molecule has 0 bridgehead atoms. The van der Waals surface area contributed by atoms with E-state index >= 15 is 0 Å². The summed E-state index contributed by atoms with van der Waals surface area (Å²) in [5, 5.41) is 0. The zero-order valence-electron chi connectivity index (χ0n) is 10.1. The molecule has 18 heavy (non-hydrogen) atoms. The second-order valence-corrected chi connectivity index (χ2v) is 3.19. The lowest BCUT2D eigenvalue weighted by atomic mass is 10.6. The molecule has 0 atom stereocenters. The van der Waals surface area contributed by atoms with Crippen LogP contribution >= 0.6 is 0 Å². The molecule has 4 nitrogen and oxygen atoms in total. The maximum absolute atomic E-state index is 3.60. The molecule has 0 radical (unpaired) electrons. The van der Waals surface area contributed by atoms with Crippen LogP contribution in [0.5, 0.6) is 0 Å². The second-order valence-electron chi connectivity index (χ2n) is 3.19. The summed E-state index contributed by atoms with van der Waals surface area (Å²) < 4.78 is 4.01. The number of hydrogen-bond donors (Lipinski definition) is 2. The smallest absolute Gasteiger partial charge is 0.241 e. The number of nitrogens with zero attached hydrogens (tertiary/aromatic N) is 2. The summed E-state index contributed by atoms with van der Waals surface area (Å²) in [6.07, 6.45) is 15.2. The number of nitrogens with one attached hydrogen (secondary N) is 2. The molecule has 2 N–H and O–H groups in total. The van der Waals surface area contributed by atoms with Crippen molar-refractivity contribution in [1.82, 2.24) is 9.97 Å². The highest BCUT2D eigenvalue weighted by molar-refractivity contribution is 4.62. The van der Waals surface area contributed by atoms with Crippen LogP contribution in [0.15, 0.2) is 62.8 Å². The van der Waals surface area contributed by atoms with Crippen LogP contribution in [0, 0.1) is 0 Å². The molecule has 2 heterocycles. The number of imidazole rings is 2. The van der Waals surface area contributed by atoms with Gasteiger partial charge in [0.2, 0.25) is 12.7 Å². The fourth-order valence-electron chi connectivity index (χ4n) is 1.17. The van der Waals surface area contributed by atoms with Crippen LogP contribution < -0.4 is 57.1 Å². The number of allylic oxidation sites excluding steroid dienone is 2. The minimum Gasteiger partial charge on any atom is -1.00 e. The van der Waals surface area contributed by atoms with E-state index in [4.69, 9.17) is 0 Å². The third-order valence-electron chi connectivity index (χ3n) is 1.89. The average Bonchev–Trinajstić information content (AvgIpc) is 2.92. The largest absolute Gasteiger partial charge is 1.00 e. The fraction of sp³-hybridized carbons (Fsp3) is 0.167. The molecule has 6 heteroatoms. The minimum atomic E-state index is 0. The van der Waals surface area contributed by atoms with Gasteiger partial charge in [-0.1, -0.05) is 25.3 Å². The van der Waals surface area contributed by atoms with E-state index in [9.17, 15) is 0 Å². The molecule has 0 fully saturated rings. The van der Waals surface area contributed by atoms with Crippen molar-refractivity contribution in [2.75, 3.05) is 0 Å². The van der Waals surface area contributed by atoms with Gasteiger partial charge in [0.25, 0.3) is 0 Å². The number of aromatic nitrogens is 4. The highest BCUT2D eigenvalue weighted by atomic mass is 127. The molecule has 2 rings (SSSR count). The van der Waals surface area contributed by atoms with Crippen molar-refractivity contribution in [1.29, 1.82) is 0 Å². The predicted octanol–water partition coefficient (Wildman–Crippen LogP) is -5.02. The molecule has 0 aliphatic rings. The molecule has 0 aromatic carbocycles. The van der Waals surface area contributed by atoms with E-state index in [2.05, 4.69) is 23.1 Å². The van der Waals surface area contributed by atoms with Gasteiger partial charge in [0.1, 0.15) is 37.9 Å². The van der Waals surface area contributed by atoms with Crippen LogP contribution in [0.3, 0.4) is 0 Å².